The molecule has 1 aliphatic rings. The van der Waals surface area contributed by atoms with Crippen molar-refractivity contribution in [1.82, 2.24) is 15.1 Å². The van der Waals surface area contributed by atoms with Gasteiger partial charge in [0, 0.05) is 19.6 Å². The summed E-state index contributed by atoms with van der Waals surface area (Å²) in [4.78, 5) is 26.3. The standard InChI is InChI=1S/C13H25N3O2/c1-11(2)12(9-16-6-4-5-7-16)15(3)13(18)8-14-10-17/h10-12H,4-9H2,1-3H3,(H,14,17)/t12-/m1/s1. The summed E-state index contributed by atoms with van der Waals surface area (Å²) in [5.74, 6) is 0.385. The van der Waals surface area contributed by atoms with E-state index < -0.39 is 0 Å². The number of nitrogens with one attached hydrogen (secondary N) is 1. The molecular formula is C13H25N3O2. The molecule has 0 saturated carbocycles. The molecule has 1 aliphatic heterocycles. The third kappa shape index (κ3) is 4.29. The molecule has 0 aromatic rings. The van der Waals surface area contributed by atoms with Crippen LogP contribution in [0.25, 0.3) is 0 Å². The predicted molar refractivity (Wildman–Crippen MR) is 71.1 cm³/mol. The van der Waals surface area contributed by atoms with Gasteiger partial charge in [-0.1, -0.05) is 13.8 Å². The Morgan fingerprint density at radius 1 is 1.39 bits per heavy atom. The number of rotatable bonds is 7. The van der Waals surface area contributed by atoms with Gasteiger partial charge in [0.1, 0.15) is 0 Å². The molecule has 5 heteroatoms. The summed E-state index contributed by atoms with van der Waals surface area (Å²) in [6.45, 7) is 7.56. The second kappa shape index (κ2) is 7.36. The van der Waals surface area contributed by atoms with Gasteiger partial charge in [-0.15, -0.1) is 0 Å². The molecule has 0 bridgehead atoms. The van der Waals surface area contributed by atoms with Crippen molar-refractivity contribution in [3.8, 4) is 0 Å². The number of likely N-dealkylation sites (tertiary alicyclic amines) is 1. The Kier molecular flexibility index (Phi) is 6.12. The van der Waals surface area contributed by atoms with Gasteiger partial charge in [-0.05, 0) is 31.8 Å². The van der Waals surface area contributed by atoms with E-state index in [9.17, 15) is 9.59 Å². The van der Waals surface area contributed by atoms with E-state index >= 15 is 0 Å². The molecule has 0 aromatic carbocycles. The molecule has 18 heavy (non-hydrogen) atoms. The van der Waals surface area contributed by atoms with E-state index in [0.717, 1.165) is 19.6 Å². The van der Waals surface area contributed by atoms with E-state index in [1.807, 2.05) is 7.05 Å². The average molecular weight is 255 g/mol. The van der Waals surface area contributed by atoms with Crippen molar-refractivity contribution in [2.45, 2.75) is 32.7 Å². The first-order chi connectivity index (χ1) is 8.56. The first kappa shape index (κ1) is 15.0. The van der Waals surface area contributed by atoms with E-state index in [2.05, 4.69) is 24.1 Å². The maximum Gasteiger partial charge on any atom is 0.241 e. The largest absolute Gasteiger partial charge is 0.350 e. The van der Waals surface area contributed by atoms with Gasteiger partial charge in [-0.3, -0.25) is 9.59 Å². The fraction of sp³-hybridized carbons (Fsp3) is 0.846. The second-order valence-corrected chi connectivity index (χ2v) is 5.32. The summed E-state index contributed by atoms with van der Waals surface area (Å²) in [7, 11) is 1.83. The number of carbonyl (C=O) groups is 2. The van der Waals surface area contributed by atoms with Crippen LogP contribution in [0.15, 0.2) is 0 Å². The molecule has 1 N–H and O–H groups in total. The highest BCUT2D eigenvalue weighted by atomic mass is 16.2. The average Bonchev–Trinajstić information content (AvgIpc) is 2.84. The number of hydrogen-bond donors (Lipinski definition) is 1. The van der Waals surface area contributed by atoms with Crippen molar-refractivity contribution in [2.75, 3.05) is 33.2 Å². The van der Waals surface area contributed by atoms with Crippen LogP contribution in [0.3, 0.4) is 0 Å². The van der Waals surface area contributed by atoms with Crippen LogP contribution in [0.1, 0.15) is 26.7 Å². The van der Waals surface area contributed by atoms with Crippen LogP contribution < -0.4 is 5.32 Å². The van der Waals surface area contributed by atoms with Gasteiger partial charge in [0.2, 0.25) is 12.3 Å². The highest BCUT2D eigenvalue weighted by Crippen LogP contribution is 2.15. The van der Waals surface area contributed by atoms with Crippen molar-refractivity contribution in [3.05, 3.63) is 0 Å². The number of carbonyl (C=O) groups excluding carboxylic acids is 2. The molecule has 2 amide bonds. The Bertz CT molecular complexity index is 275. The van der Waals surface area contributed by atoms with E-state index in [4.69, 9.17) is 0 Å². The van der Waals surface area contributed by atoms with Crippen molar-refractivity contribution in [3.63, 3.8) is 0 Å². The number of likely N-dealkylation sites (N-methyl/N-ethyl adjacent to an activating group) is 1. The summed E-state index contributed by atoms with van der Waals surface area (Å²) >= 11 is 0. The van der Waals surface area contributed by atoms with Gasteiger partial charge in [-0.25, -0.2) is 0 Å². The van der Waals surface area contributed by atoms with Crippen LogP contribution in [0.4, 0.5) is 0 Å². The van der Waals surface area contributed by atoms with Gasteiger partial charge in [0.05, 0.1) is 6.54 Å². The second-order valence-electron chi connectivity index (χ2n) is 5.32. The minimum Gasteiger partial charge on any atom is -0.350 e. The quantitative estimate of drug-likeness (QED) is 0.666. The molecular weight excluding hydrogens is 230 g/mol. The summed E-state index contributed by atoms with van der Waals surface area (Å²) in [5.41, 5.74) is 0. The Morgan fingerprint density at radius 2 is 2.00 bits per heavy atom. The SMILES string of the molecule is CC(C)[C@@H](CN1CCCC1)N(C)C(=O)CNC=O. The number of hydrogen-bond acceptors (Lipinski definition) is 3. The molecule has 1 rings (SSSR count). The minimum atomic E-state index is -0.0278. The fourth-order valence-electron chi connectivity index (χ4n) is 2.45. The highest BCUT2D eigenvalue weighted by Gasteiger charge is 2.26. The third-order valence-corrected chi connectivity index (χ3v) is 3.64. The van der Waals surface area contributed by atoms with Gasteiger partial charge in [-0.2, -0.15) is 0 Å². The normalized spacial score (nSPS) is 17.8. The maximum absolute atomic E-state index is 11.9. The first-order valence-corrected chi connectivity index (χ1v) is 6.71. The Labute approximate surface area is 110 Å². The fourth-order valence-corrected chi connectivity index (χ4v) is 2.45. The lowest BCUT2D eigenvalue weighted by Gasteiger charge is -2.34. The molecule has 0 unspecified atom stereocenters. The van der Waals surface area contributed by atoms with Crippen LogP contribution in [0.5, 0.6) is 0 Å². The van der Waals surface area contributed by atoms with Gasteiger partial charge < -0.3 is 15.1 Å². The molecule has 1 atom stereocenters. The third-order valence-electron chi connectivity index (χ3n) is 3.64. The van der Waals surface area contributed by atoms with E-state index in [0.29, 0.717) is 12.3 Å². The molecule has 0 aromatic heterocycles. The Morgan fingerprint density at radius 3 is 2.50 bits per heavy atom. The zero-order valence-electron chi connectivity index (χ0n) is 11.7. The van der Waals surface area contributed by atoms with Crippen LogP contribution in [0.2, 0.25) is 0 Å². The van der Waals surface area contributed by atoms with Crippen molar-refractivity contribution < 1.29 is 9.59 Å². The van der Waals surface area contributed by atoms with E-state index in [-0.39, 0.29) is 18.5 Å². The Hall–Kier alpha value is -1.10. The van der Waals surface area contributed by atoms with Crippen molar-refractivity contribution in [1.29, 1.82) is 0 Å². The summed E-state index contributed by atoms with van der Waals surface area (Å²) in [5, 5.41) is 2.43. The minimum absolute atomic E-state index is 0.0278. The molecule has 1 fully saturated rings. The summed E-state index contributed by atoms with van der Waals surface area (Å²) in [6.07, 6.45) is 3.08. The van der Waals surface area contributed by atoms with Crippen LogP contribution in [0, 0.1) is 5.92 Å². The lowest BCUT2D eigenvalue weighted by Crippen LogP contribution is -2.49. The topological polar surface area (TPSA) is 52.6 Å². The lowest BCUT2D eigenvalue weighted by molar-refractivity contribution is -0.133. The maximum atomic E-state index is 11.9. The lowest BCUT2D eigenvalue weighted by atomic mass is 10.0. The summed E-state index contributed by atoms with van der Waals surface area (Å²) < 4.78 is 0. The van der Waals surface area contributed by atoms with Crippen molar-refractivity contribution >= 4 is 12.3 Å². The van der Waals surface area contributed by atoms with Crippen LogP contribution in [-0.4, -0.2) is 61.4 Å². The molecule has 5 nitrogen and oxygen atoms in total. The number of amides is 2. The Balaban J connectivity index is 2.53. The van der Waals surface area contributed by atoms with Gasteiger partial charge >= 0.3 is 0 Å². The van der Waals surface area contributed by atoms with E-state index in [1.165, 1.54) is 12.8 Å². The number of nitrogens with zero attached hydrogens (tertiary/aromatic N) is 2. The predicted octanol–water partition coefficient (Wildman–Crippen LogP) is 0.311. The van der Waals surface area contributed by atoms with Crippen LogP contribution >= 0.6 is 0 Å². The zero-order chi connectivity index (χ0) is 13.5. The van der Waals surface area contributed by atoms with E-state index in [1.54, 1.807) is 4.90 Å². The zero-order valence-corrected chi connectivity index (χ0v) is 11.7. The molecule has 1 saturated heterocycles. The highest BCUT2D eigenvalue weighted by molar-refractivity contribution is 5.80. The smallest absolute Gasteiger partial charge is 0.241 e. The van der Waals surface area contributed by atoms with Crippen molar-refractivity contribution in [2.24, 2.45) is 5.92 Å². The summed E-state index contributed by atoms with van der Waals surface area (Å²) in [6, 6.07) is 0.212. The monoisotopic (exact) mass is 255 g/mol. The first-order valence-electron chi connectivity index (χ1n) is 6.71. The molecule has 104 valence electrons. The van der Waals surface area contributed by atoms with Gasteiger partial charge in [0.25, 0.3) is 0 Å². The molecule has 0 spiro atoms. The van der Waals surface area contributed by atoms with Crippen LogP contribution in [-0.2, 0) is 9.59 Å². The molecule has 1 heterocycles. The molecule has 0 radical (unpaired) electrons. The molecule has 0 aliphatic carbocycles. The van der Waals surface area contributed by atoms with Gasteiger partial charge in [0.15, 0.2) is 0 Å².